The van der Waals surface area contributed by atoms with Gasteiger partial charge in [0.15, 0.2) is 10.1 Å². The number of halogens is 3. The van der Waals surface area contributed by atoms with Gasteiger partial charge in [-0.05, 0) is 25.0 Å². The Morgan fingerprint density at radius 2 is 1.64 bits per heavy atom. The summed E-state index contributed by atoms with van der Waals surface area (Å²) < 4.78 is 58.9. The van der Waals surface area contributed by atoms with Gasteiger partial charge in [0.1, 0.15) is 5.70 Å². The summed E-state index contributed by atoms with van der Waals surface area (Å²) in [4.78, 5) is 1.56. The quantitative estimate of drug-likeness (QED) is 0.439. The topological polar surface area (TPSA) is 61.6 Å². The molecule has 8 heteroatoms. The van der Waals surface area contributed by atoms with Crippen molar-refractivity contribution < 1.29 is 31.0 Å². The first-order valence-electron chi connectivity index (χ1n) is 7.33. The summed E-state index contributed by atoms with van der Waals surface area (Å²) in [5.74, 6) is 0. The number of unbranched alkanes of at least 4 members (excludes halogenated alkanes) is 5. The average molecular weight is 343 g/mol. The number of nitrogens with one attached hydrogen (secondary N) is 1. The van der Waals surface area contributed by atoms with E-state index in [-0.39, 0.29) is 0 Å². The van der Waals surface area contributed by atoms with Gasteiger partial charge in [-0.1, -0.05) is 32.6 Å². The van der Waals surface area contributed by atoms with Crippen LogP contribution in [0.3, 0.4) is 0 Å². The SMILES string of the molecule is CCCCCCCC[NH+]1C=CC=C1C.O=S(=O)([O-])C(F)(F)F. The molecule has 1 N–H and O–H groups in total. The maximum Gasteiger partial charge on any atom is 0.485 e. The van der Waals surface area contributed by atoms with Crippen molar-refractivity contribution in [3.05, 3.63) is 24.0 Å². The first-order valence-corrected chi connectivity index (χ1v) is 8.73. The molecule has 0 fully saturated rings. The van der Waals surface area contributed by atoms with E-state index in [0.29, 0.717) is 0 Å². The third kappa shape index (κ3) is 9.22. The van der Waals surface area contributed by atoms with E-state index in [1.807, 2.05) is 0 Å². The van der Waals surface area contributed by atoms with E-state index in [0.717, 1.165) is 0 Å². The van der Waals surface area contributed by atoms with Gasteiger partial charge < -0.3 is 4.55 Å². The Bertz CT molecular complexity index is 470. The molecule has 22 heavy (non-hydrogen) atoms. The normalized spacial score (nSPS) is 17.9. The summed E-state index contributed by atoms with van der Waals surface area (Å²) in [5.41, 5.74) is -4.17. The largest absolute Gasteiger partial charge is 0.741 e. The molecule has 0 spiro atoms. The molecule has 0 amide bonds. The van der Waals surface area contributed by atoms with Gasteiger partial charge in [-0.2, -0.15) is 13.2 Å². The number of alkyl halides is 3. The first-order chi connectivity index (χ1) is 10.1. The molecule has 0 bridgehead atoms. The molecule has 1 rings (SSSR count). The second-order valence-corrected chi connectivity index (χ2v) is 6.52. The predicted molar refractivity (Wildman–Crippen MR) is 77.9 cm³/mol. The predicted octanol–water partition coefficient (Wildman–Crippen LogP) is 2.71. The van der Waals surface area contributed by atoms with Gasteiger partial charge in [0, 0.05) is 6.92 Å². The zero-order valence-electron chi connectivity index (χ0n) is 12.9. The summed E-state index contributed by atoms with van der Waals surface area (Å²) >= 11 is 0. The van der Waals surface area contributed by atoms with Crippen molar-refractivity contribution in [2.75, 3.05) is 6.54 Å². The van der Waals surface area contributed by atoms with Crippen molar-refractivity contribution >= 4 is 10.1 Å². The lowest BCUT2D eigenvalue weighted by Gasteiger charge is -2.10. The molecule has 0 saturated carbocycles. The maximum atomic E-state index is 10.7. The molecular formula is C14H24F3NO3S. The maximum absolute atomic E-state index is 10.7. The van der Waals surface area contributed by atoms with Crippen LogP contribution in [0.4, 0.5) is 13.2 Å². The molecule has 1 unspecified atom stereocenters. The number of quaternary nitrogens is 1. The Morgan fingerprint density at radius 1 is 1.14 bits per heavy atom. The first kappa shape index (κ1) is 21.1. The Balaban J connectivity index is 0.000000472. The van der Waals surface area contributed by atoms with Gasteiger partial charge in [0.25, 0.3) is 0 Å². The zero-order valence-corrected chi connectivity index (χ0v) is 13.8. The molecule has 0 aromatic carbocycles. The Morgan fingerprint density at radius 3 is 2.05 bits per heavy atom. The molecule has 1 atom stereocenters. The minimum Gasteiger partial charge on any atom is -0.741 e. The smallest absolute Gasteiger partial charge is 0.485 e. The molecule has 0 aliphatic carbocycles. The summed E-state index contributed by atoms with van der Waals surface area (Å²) in [6, 6.07) is 0. The van der Waals surface area contributed by atoms with E-state index in [2.05, 4.69) is 32.2 Å². The summed E-state index contributed by atoms with van der Waals surface area (Å²) in [6.07, 6.45) is 15.0. The fourth-order valence-corrected chi connectivity index (χ4v) is 1.92. The van der Waals surface area contributed by atoms with Crippen molar-refractivity contribution in [3.63, 3.8) is 0 Å². The second-order valence-electron chi connectivity index (χ2n) is 5.15. The van der Waals surface area contributed by atoms with Crippen LogP contribution in [0.1, 0.15) is 52.4 Å². The zero-order chi connectivity index (χ0) is 17.2. The molecule has 1 heterocycles. The fourth-order valence-electron chi connectivity index (χ4n) is 1.92. The van der Waals surface area contributed by atoms with Crippen molar-refractivity contribution in [1.82, 2.24) is 0 Å². The van der Waals surface area contributed by atoms with Crippen molar-refractivity contribution in [2.45, 2.75) is 57.9 Å². The van der Waals surface area contributed by atoms with Crippen molar-refractivity contribution in [2.24, 2.45) is 0 Å². The van der Waals surface area contributed by atoms with E-state index in [1.165, 1.54) is 50.8 Å². The molecular weight excluding hydrogens is 319 g/mol. The lowest BCUT2D eigenvalue weighted by Crippen LogP contribution is -3.04. The van der Waals surface area contributed by atoms with Crippen LogP contribution in [0.5, 0.6) is 0 Å². The summed E-state index contributed by atoms with van der Waals surface area (Å²) in [5, 5.41) is 0. The third-order valence-electron chi connectivity index (χ3n) is 3.23. The van der Waals surface area contributed by atoms with Crippen LogP contribution in [-0.2, 0) is 10.1 Å². The molecule has 0 saturated heterocycles. The highest BCUT2D eigenvalue weighted by atomic mass is 32.2. The van der Waals surface area contributed by atoms with Gasteiger partial charge >= 0.3 is 5.51 Å². The van der Waals surface area contributed by atoms with Gasteiger partial charge in [0.05, 0.1) is 12.7 Å². The molecule has 130 valence electrons. The number of allylic oxidation sites excluding steroid dienone is 3. The monoisotopic (exact) mass is 343 g/mol. The third-order valence-corrected chi connectivity index (χ3v) is 3.80. The van der Waals surface area contributed by atoms with Crippen molar-refractivity contribution in [3.8, 4) is 0 Å². The Labute approximate surface area is 130 Å². The Hall–Kier alpha value is -0.860. The second kappa shape index (κ2) is 10.0. The van der Waals surface area contributed by atoms with Crippen molar-refractivity contribution in [1.29, 1.82) is 0 Å². The highest BCUT2D eigenvalue weighted by Crippen LogP contribution is 2.20. The highest BCUT2D eigenvalue weighted by Gasteiger charge is 2.36. The Kier molecular flexibility index (Phi) is 9.63. The van der Waals surface area contributed by atoms with Crippen LogP contribution in [0, 0.1) is 0 Å². The van der Waals surface area contributed by atoms with E-state index in [9.17, 15) is 13.2 Å². The lowest BCUT2D eigenvalue weighted by atomic mass is 10.1. The van der Waals surface area contributed by atoms with Crippen LogP contribution in [0.25, 0.3) is 0 Å². The average Bonchev–Trinajstić information content (AvgIpc) is 2.78. The molecule has 1 aliphatic rings. The summed E-state index contributed by atoms with van der Waals surface area (Å²) in [7, 11) is -6.09. The summed E-state index contributed by atoms with van der Waals surface area (Å²) in [6.45, 7) is 5.77. The number of rotatable bonds is 7. The van der Waals surface area contributed by atoms with Gasteiger partial charge in [-0.25, -0.2) is 8.42 Å². The standard InChI is InChI=1S/C13H23N.CHF3O3S/c1-3-4-5-6-7-8-11-14-12-9-10-13(14)2;2-1(3,4)8(5,6)7/h9-10,12H,3-8,11H2,1-2H3;(H,5,6,7). The number of hydrogen-bond acceptors (Lipinski definition) is 3. The molecule has 0 radical (unpaired) electrons. The van der Waals surface area contributed by atoms with Crippen LogP contribution in [-0.4, -0.2) is 25.0 Å². The molecule has 0 aromatic rings. The minimum atomic E-state index is -6.09. The highest BCUT2D eigenvalue weighted by molar-refractivity contribution is 7.86. The fraction of sp³-hybridized carbons (Fsp3) is 0.714. The molecule has 1 aliphatic heterocycles. The van der Waals surface area contributed by atoms with E-state index in [1.54, 1.807) is 4.90 Å². The van der Waals surface area contributed by atoms with Crippen LogP contribution >= 0.6 is 0 Å². The van der Waals surface area contributed by atoms with Crippen LogP contribution in [0.15, 0.2) is 24.0 Å². The minimum absolute atomic E-state index is 1.28. The van der Waals surface area contributed by atoms with E-state index >= 15 is 0 Å². The lowest BCUT2D eigenvalue weighted by molar-refractivity contribution is -0.802. The van der Waals surface area contributed by atoms with E-state index in [4.69, 9.17) is 13.0 Å². The molecule has 0 aromatic heterocycles. The van der Waals surface area contributed by atoms with E-state index < -0.39 is 15.6 Å². The van der Waals surface area contributed by atoms with Crippen LogP contribution < -0.4 is 4.90 Å². The van der Waals surface area contributed by atoms with Gasteiger partial charge in [-0.3, -0.25) is 4.90 Å². The van der Waals surface area contributed by atoms with Crippen LogP contribution in [0.2, 0.25) is 0 Å². The van der Waals surface area contributed by atoms with Gasteiger partial charge in [-0.15, -0.1) is 0 Å². The van der Waals surface area contributed by atoms with Gasteiger partial charge in [0.2, 0.25) is 0 Å². The molecule has 4 nitrogen and oxygen atoms in total. The number of hydrogen-bond donors (Lipinski definition) is 1.